The minimum atomic E-state index is -4.36. The van der Waals surface area contributed by atoms with Crippen LogP contribution in [0.5, 0.6) is 0 Å². The molecule has 0 saturated carbocycles. The number of primary amides is 1. The van der Waals surface area contributed by atoms with Crippen LogP contribution in [0.25, 0.3) is 0 Å². The van der Waals surface area contributed by atoms with E-state index in [1.807, 2.05) is 17.9 Å². The van der Waals surface area contributed by atoms with Gasteiger partial charge in [0.05, 0.1) is 24.3 Å². The minimum Gasteiger partial charge on any atom is -0.385 e. The molecule has 10 heteroatoms. The van der Waals surface area contributed by atoms with E-state index in [1.165, 1.54) is 12.3 Å². The molecular weight excluding hydrogens is 437 g/mol. The molecule has 2 amide bonds. The van der Waals surface area contributed by atoms with Gasteiger partial charge in [0.15, 0.2) is 0 Å². The molecule has 1 aliphatic rings. The summed E-state index contributed by atoms with van der Waals surface area (Å²) in [5, 5.41) is 2.61. The number of nitrogens with zero attached hydrogens (tertiary/aromatic N) is 2. The molecule has 0 radical (unpaired) electrons. The predicted molar refractivity (Wildman–Crippen MR) is 117 cm³/mol. The number of hydrogen-bond donors (Lipinski definition) is 2. The number of carbonyl (C=O) groups excluding carboxylic acids is 2. The van der Waals surface area contributed by atoms with Crippen LogP contribution in [0, 0.1) is 0 Å². The Morgan fingerprint density at radius 2 is 2.06 bits per heavy atom. The van der Waals surface area contributed by atoms with E-state index in [-0.39, 0.29) is 17.2 Å². The lowest BCUT2D eigenvalue weighted by Crippen LogP contribution is -2.48. The quantitative estimate of drug-likeness (QED) is 0.625. The van der Waals surface area contributed by atoms with Crippen molar-refractivity contribution in [3.8, 4) is 0 Å². The molecule has 2 heterocycles. The highest BCUT2D eigenvalue weighted by molar-refractivity contribution is 6.04. The van der Waals surface area contributed by atoms with Gasteiger partial charge in [0, 0.05) is 38.6 Å². The Bertz CT molecular complexity index is 1010. The van der Waals surface area contributed by atoms with Gasteiger partial charge in [0.2, 0.25) is 5.91 Å². The second kappa shape index (κ2) is 10.3. The van der Waals surface area contributed by atoms with Crippen LogP contribution in [0.15, 0.2) is 36.7 Å². The van der Waals surface area contributed by atoms with Gasteiger partial charge in [-0.15, -0.1) is 0 Å². The summed E-state index contributed by atoms with van der Waals surface area (Å²) in [4.78, 5) is 30.6. The van der Waals surface area contributed by atoms with Crippen molar-refractivity contribution < 1.29 is 27.5 Å². The zero-order valence-electron chi connectivity index (χ0n) is 18.5. The number of nitrogens with two attached hydrogens (primary N) is 1. The van der Waals surface area contributed by atoms with Crippen LogP contribution < -0.4 is 11.1 Å². The summed E-state index contributed by atoms with van der Waals surface area (Å²) >= 11 is 0. The number of carbonyl (C=O) groups is 2. The SMILES string of the molecule is COCCC(C(N)=O)N1Cc2cc(C(=O)Nc3cncc(CC(F)(F)F)c3)ccc2[C@@H](C)C1. The molecule has 1 unspecified atom stereocenters. The van der Waals surface area contributed by atoms with Gasteiger partial charge in [-0.2, -0.15) is 13.2 Å². The average molecular weight is 464 g/mol. The molecule has 3 rings (SSSR count). The molecule has 1 aromatic heterocycles. The van der Waals surface area contributed by atoms with E-state index in [9.17, 15) is 22.8 Å². The number of ether oxygens (including phenoxy) is 1. The number of halogens is 3. The number of hydrogen-bond acceptors (Lipinski definition) is 5. The first-order valence-electron chi connectivity index (χ1n) is 10.5. The topological polar surface area (TPSA) is 97.5 Å². The molecule has 7 nitrogen and oxygen atoms in total. The fourth-order valence-corrected chi connectivity index (χ4v) is 4.16. The summed E-state index contributed by atoms with van der Waals surface area (Å²) in [5.41, 5.74) is 8.09. The number of anilines is 1. The largest absolute Gasteiger partial charge is 0.393 e. The lowest BCUT2D eigenvalue weighted by Gasteiger charge is -2.37. The number of rotatable bonds is 8. The van der Waals surface area contributed by atoms with E-state index < -0.39 is 30.5 Å². The van der Waals surface area contributed by atoms with Gasteiger partial charge in [0.1, 0.15) is 0 Å². The zero-order valence-corrected chi connectivity index (χ0v) is 18.5. The molecule has 0 aliphatic carbocycles. The van der Waals surface area contributed by atoms with Crippen LogP contribution in [0.1, 0.15) is 46.3 Å². The summed E-state index contributed by atoms with van der Waals surface area (Å²) in [5.74, 6) is -0.763. The molecule has 1 aliphatic heterocycles. The van der Waals surface area contributed by atoms with Gasteiger partial charge < -0.3 is 15.8 Å². The Morgan fingerprint density at radius 3 is 2.73 bits per heavy atom. The minimum absolute atomic E-state index is 0.0382. The molecule has 178 valence electrons. The van der Waals surface area contributed by atoms with E-state index >= 15 is 0 Å². The third-order valence-electron chi connectivity index (χ3n) is 5.64. The molecule has 0 saturated heterocycles. The first-order valence-corrected chi connectivity index (χ1v) is 10.5. The molecular formula is C23H27F3N4O3. The van der Waals surface area contributed by atoms with Gasteiger partial charge >= 0.3 is 6.18 Å². The standard InChI is InChI=1S/C23H27F3N4O3/c1-14-12-30(20(21(27)31)5-6-33-2)13-17-8-16(3-4-19(14)17)22(32)29-18-7-15(10-28-11-18)9-23(24,25)26/h3-4,7-8,10-11,14,20H,5-6,9,12-13H2,1-2H3,(H2,27,31)(H,29,32)/t14-,20?/m0/s1. The van der Waals surface area contributed by atoms with Gasteiger partial charge in [-0.05, 0) is 47.2 Å². The highest BCUT2D eigenvalue weighted by Crippen LogP contribution is 2.31. The number of alkyl halides is 3. The average Bonchev–Trinajstić information content (AvgIpc) is 2.72. The highest BCUT2D eigenvalue weighted by Gasteiger charge is 2.31. The summed E-state index contributed by atoms with van der Waals surface area (Å²) in [6.07, 6.45) is -2.60. The van der Waals surface area contributed by atoms with Crippen LogP contribution in [0.4, 0.5) is 18.9 Å². The number of fused-ring (bicyclic) bond motifs is 1. The van der Waals surface area contributed by atoms with Crippen LogP contribution in [-0.4, -0.2) is 54.2 Å². The van der Waals surface area contributed by atoms with Crippen molar-refractivity contribution >= 4 is 17.5 Å². The summed E-state index contributed by atoms with van der Waals surface area (Å²) in [7, 11) is 1.56. The number of nitrogens with one attached hydrogen (secondary N) is 1. The van der Waals surface area contributed by atoms with E-state index in [0.29, 0.717) is 31.7 Å². The van der Waals surface area contributed by atoms with Crippen molar-refractivity contribution in [2.45, 2.75) is 44.4 Å². The Labute approximate surface area is 190 Å². The third-order valence-corrected chi connectivity index (χ3v) is 5.64. The van der Waals surface area contributed by atoms with Crippen LogP contribution in [0.3, 0.4) is 0 Å². The summed E-state index contributed by atoms with van der Waals surface area (Å²) in [6, 6.07) is 6.08. The number of methoxy groups -OCH3 is 1. The van der Waals surface area contributed by atoms with Crippen molar-refractivity contribution in [3.05, 3.63) is 58.9 Å². The van der Waals surface area contributed by atoms with E-state index in [2.05, 4.69) is 10.3 Å². The Balaban J connectivity index is 1.77. The second-order valence-electron chi connectivity index (χ2n) is 8.27. The molecule has 2 atom stereocenters. The van der Waals surface area contributed by atoms with Gasteiger partial charge in [-0.3, -0.25) is 19.5 Å². The molecule has 3 N–H and O–H groups in total. The van der Waals surface area contributed by atoms with Gasteiger partial charge in [-0.25, -0.2) is 0 Å². The van der Waals surface area contributed by atoms with Crippen molar-refractivity contribution in [2.24, 2.45) is 5.73 Å². The lowest BCUT2D eigenvalue weighted by atomic mass is 9.88. The molecule has 0 fully saturated rings. The fraction of sp³-hybridized carbons (Fsp3) is 0.435. The van der Waals surface area contributed by atoms with E-state index in [1.54, 1.807) is 19.2 Å². The van der Waals surface area contributed by atoms with Crippen molar-refractivity contribution in [1.29, 1.82) is 0 Å². The Morgan fingerprint density at radius 1 is 1.30 bits per heavy atom. The number of aromatic nitrogens is 1. The third kappa shape index (κ3) is 6.52. The maximum atomic E-state index is 12.8. The fourth-order valence-electron chi connectivity index (χ4n) is 4.16. The molecule has 0 bridgehead atoms. The smallest absolute Gasteiger partial charge is 0.385 e. The van der Waals surface area contributed by atoms with E-state index in [4.69, 9.17) is 10.5 Å². The summed E-state index contributed by atoms with van der Waals surface area (Å²) < 4.78 is 43.0. The second-order valence-corrected chi connectivity index (χ2v) is 8.27. The van der Waals surface area contributed by atoms with E-state index in [0.717, 1.165) is 17.3 Å². The van der Waals surface area contributed by atoms with Crippen molar-refractivity contribution in [1.82, 2.24) is 9.88 Å². The first kappa shape index (κ1) is 24.7. The van der Waals surface area contributed by atoms with Crippen molar-refractivity contribution in [2.75, 3.05) is 25.6 Å². The first-order chi connectivity index (χ1) is 15.6. The maximum Gasteiger partial charge on any atom is 0.393 e. The monoisotopic (exact) mass is 464 g/mol. The van der Waals surface area contributed by atoms with Crippen LogP contribution in [0.2, 0.25) is 0 Å². The maximum absolute atomic E-state index is 12.8. The van der Waals surface area contributed by atoms with Crippen LogP contribution in [-0.2, 0) is 22.5 Å². The molecule has 2 aromatic rings. The zero-order chi connectivity index (χ0) is 24.2. The number of pyridine rings is 1. The number of amides is 2. The highest BCUT2D eigenvalue weighted by atomic mass is 19.4. The Kier molecular flexibility index (Phi) is 7.70. The molecule has 33 heavy (non-hydrogen) atoms. The lowest BCUT2D eigenvalue weighted by molar-refractivity contribution is -0.127. The predicted octanol–water partition coefficient (Wildman–Crippen LogP) is 3.25. The normalized spacial score (nSPS) is 17.3. The van der Waals surface area contributed by atoms with Gasteiger partial charge in [0.25, 0.3) is 5.91 Å². The molecule has 1 aromatic carbocycles. The van der Waals surface area contributed by atoms with Crippen LogP contribution >= 0.6 is 0 Å². The van der Waals surface area contributed by atoms with Gasteiger partial charge in [-0.1, -0.05) is 13.0 Å². The Hall–Kier alpha value is -2.98. The molecule has 0 spiro atoms. The summed E-state index contributed by atoms with van der Waals surface area (Å²) in [6.45, 7) is 3.53. The number of benzene rings is 1. The van der Waals surface area contributed by atoms with Crippen molar-refractivity contribution in [3.63, 3.8) is 0 Å².